The molecule has 0 amide bonds. The van der Waals surface area contributed by atoms with Gasteiger partial charge in [-0.25, -0.2) is 8.42 Å². The zero-order valence-electron chi connectivity index (χ0n) is 14.4. The molecule has 5 nitrogen and oxygen atoms in total. The van der Waals surface area contributed by atoms with Gasteiger partial charge in [0.25, 0.3) is 0 Å². The van der Waals surface area contributed by atoms with Gasteiger partial charge in [0, 0.05) is 18.3 Å². The summed E-state index contributed by atoms with van der Waals surface area (Å²) in [6.45, 7) is 3.82. The van der Waals surface area contributed by atoms with Gasteiger partial charge in [-0.15, -0.1) is 0 Å². The second-order valence-electron chi connectivity index (χ2n) is 7.25. The van der Waals surface area contributed by atoms with E-state index >= 15 is 0 Å². The molecule has 2 fully saturated rings. The van der Waals surface area contributed by atoms with Crippen molar-refractivity contribution >= 4 is 26.0 Å². The molecule has 0 spiro atoms. The third-order valence-electron chi connectivity index (χ3n) is 5.48. The van der Waals surface area contributed by atoms with Gasteiger partial charge >= 0.3 is 0 Å². The second-order valence-corrected chi connectivity index (χ2v) is 9.98. The van der Waals surface area contributed by atoms with Crippen molar-refractivity contribution in [2.24, 2.45) is 0 Å². The first-order valence-corrected chi connectivity index (χ1v) is 10.9. The molecule has 7 heteroatoms. The maximum Gasteiger partial charge on any atom is 0.243 e. The minimum absolute atomic E-state index is 0.0663. The highest BCUT2D eigenvalue weighted by molar-refractivity contribution is 9.10. The second kappa shape index (κ2) is 6.21. The molecule has 2 atom stereocenters. The highest BCUT2D eigenvalue weighted by Gasteiger charge is 2.48. The van der Waals surface area contributed by atoms with Gasteiger partial charge in [-0.05, 0) is 72.7 Å². The lowest BCUT2D eigenvalue weighted by atomic mass is 10.00. The van der Waals surface area contributed by atoms with Crippen LogP contribution in [0.3, 0.4) is 0 Å². The number of benzene rings is 1. The van der Waals surface area contributed by atoms with Crippen LogP contribution in [0.25, 0.3) is 0 Å². The van der Waals surface area contributed by atoms with Crippen molar-refractivity contribution in [3.05, 3.63) is 46.2 Å². The Kier molecular flexibility index (Phi) is 4.29. The third kappa shape index (κ3) is 2.96. The molecule has 25 heavy (non-hydrogen) atoms. The van der Waals surface area contributed by atoms with Crippen LogP contribution in [0.2, 0.25) is 0 Å². The van der Waals surface area contributed by atoms with Crippen LogP contribution in [-0.4, -0.2) is 34.6 Å². The summed E-state index contributed by atoms with van der Waals surface area (Å²) in [6, 6.07) is 6.08. The Morgan fingerprint density at radius 1 is 1.12 bits per heavy atom. The fourth-order valence-corrected chi connectivity index (χ4v) is 6.83. The number of rotatable bonds is 3. The molecule has 2 saturated heterocycles. The van der Waals surface area contributed by atoms with Crippen molar-refractivity contribution in [1.82, 2.24) is 14.1 Å². The number of hydrogen-bond acceptors (Lipinski definition) is 3. The summed E-state index contributed by atoms with van der Waals surface area (Å²) >= 11 is 3.44. The Hall–Kier alpha value is -1.18. The lowest BCUT2D eigenvalue weighted by Gasteiger charge is -2.38. The summed E-state index contributed by atoms with van der Waals surface area (Å²) in [6.07, 6.45) is 7.31. The van der Waals surface area contributed by atoms with Gasteiger partial charge in [-0.1, -0.05) is 12.1 Å². The maximum atomic E-state index is 13.4. The Morgan fingerprint density at radius 2 is 1.80 bits per heavy atom. The number of sulfonamides is 1. The van der Waals surface area contributed by atoms with Gasteiger partial charge in [0.2, 0.25) is 10.0 Å². The number of piperidine rings is 1. The van der Waals surface area contributed by atoms with Crippen molar-refractivity contribution in [3.63, 3.8) is 0 Å². The van der Waals surface area contributed by atoms with Crippen LogP contribution in [0.5, 0.6) is 0 Å². The van der Waals surface area contributed by atoms with E-state index in [2.05, 4.69) is 21.0 Å². The lowest BCUT2D eigenvalue weighted by Crippen LogP contribution is -2.47. The van der Waals surface area contributed by atoms with E-state index in [4.69, 9.17) is 0 Å². The molecule has 0 N–H and O–H groups in total. The first-order chi connectivity index (χ1) is 11.9. The van der Waals surface area contributed by atoms with E-state index in [1.165, 1.54) is 0 Å². The first kappa shape index (κ1) is 17.2. The standard InChI is InChI=1S/C18H22BrN3O2S/c1-12-3-4-13(2)18(7-12)25(23,24)22-15-5-6-16(22)9-17(8-15)21-11-14(19)10-20-21/h3-4,7,10-11,15-17H,5-6,8-9H2,1-2H3. The number of aromatic nitrogens is 2. The summed E-state index contributed by atoms with van der Waals surface area (Å²) in [7, 11) is -3.46. The van der Waals surface area contributed by atoms with Crippen LogP contribution in [0.4, 0.5) is 0 Å². The van der Waals surface area contributed by atoms with E-state index in [0.29, 0.717) is 4.90 Å². The van der Waals surface area contributed by atoms with E-state index in [1.807, 2.05) is 36.9 Å². The van der Waals surface area contributed by atoms with Crippen LogP contribution in [0, 0.1) is 13.8 Å². The summed E-state index contributed by atoms with van der Waals surface area (Å²) in [5.41, 5.74) is 1.80. The minimum atomic E-state index is -3.46. The number of hydrogen-bond donors (Lipinski definition) is 0. The molecule has 0 radical (unpaired) electrons. The highest BCUT2D eigenvalue weighted by Crippen LogP contribution is 2.44. The van der Waals surface area contributed by atoms with Crippen molar-refractivity contribution < 1.29 is 8.42 Å². The quantitative estimate of drug-likeness (QED) is 0.753. The van der Waals surface area contributed by atoms with Crippen molar-refractivity contribution in [1.29, 1.82) is 0 Å². The Balaban J connectivity index is 1.65. The van der Waals surface area contributed by atoms with Gasteiger partial charge in [0.1, 0.15) is 0 Å². The fraction of sp³-hybridized carbons (Fsp3) is 0.500. The van der Waals surface area contributed by atoms with Crippen LogP contribution in [0.15, 0.2) is 40.0 Å². The van der Waals surface area contributed by atoms with Crippen molar-refractivity contribution in [2.75, 3.05) is 0 Å². The molecule has 0 saturated carbocycles. The average molecular weight is 424 g/mol. The van der Waals surface area contributed by atoms with E-state index in [0.717, 1.165) is 41.3 Å². The Bertz CT molecular complexity index is 895. The van der Waals surface area contributed by atoms with E-state index in [1.54, 1.807) is 16.6 Å². The van der Waals surface area contributed by atoms with Crippen LogP contribution in [0.1, 0.15) is 42.9 Å². The molecule has 2 aliphatic rings. The molecule has 134 valence electrons. The summed E-state index contributed by atoms with van der Waals surface area (Å²) < 4.78 is 31.5. The van der Waals surface area contributed by atoms with E-state index in [9.17, 15) is 8.42 Å². The zero-order chi connectivity index (χ0) is 17.8. The SMILES string of the molecule is Cc1ccc(C)c(S(=O)(=O)N2C3CCC2CC(n2cc(Br)cn2)C3)c1. The predicted octanol–water partition coefficient (Wildman–Crippen LogP) is 3.82. The normalized spacial score (nSPS) is 26.9. The van der Waals surface area contributed by atoms with Gasteiger partial charge in [-0.2, -0.15) is 9.40 Å². The minimum Gasteiger partial charge on any atom is -0.268 e. The van der Waals surface area contributed by atoms with Gasteiger partial charge in [-0.3, -0.25) is 4.68 Å². The number of fused-ring (bicyclic) bond motifs is 2. The Labute approximate surface area is 157 Å². The van der Waals surface area contributed by atoms with Gasteiger partial charge < -0.3 is 0 Å². The average Bonchev–Trinajstić information content (AvgIpc) is 3.11. The molecule has 1 aromatic heterocycles. The maximum absolute atomic E-state index is 13.4. The van der Waals surface area contributed by atoms with Gasteiger partial charge in [0.05, 0.1) is 21.6 Å². The lowest BCUT2D eigenvalue weighted by molar-refractivity contribution is 0.184. The molecular formula is C18H22BrN3O2S. The van der Waals surface area contributed by atoms with E-state index in [-0.39, 0.29) is 18.1 Å². The largest absolute Gasteiger partial charge is 0.268 e. The molecule has 2 aliphatic heterocycles. The molecule has 2 unspecified atom stereocenters. The summed E-state index contributed by atoms with van der Waals surface area (Å²) in [5.74, 6) is 0. The fourth-order valence-electron chi connectivity index (χ4n) is 4.33. The molecule has 0 aliphatic carbocycles. The molecule has 2 bridgehead atoms. The molecule has 1 aromatic carbocycles. The van der Waals surface area contributed by atoms with Crippen LogP contribution in [-0.2, 0) is 10.0 Å². The summed E-state index contributed by atoms with van der Waals surface area (Å²) in [4.78, 5) is 0.463. The first-order valence-electron chi connectivity index (χ1n) is 8.66. The molecule has 2 aromatic rings. The molecular weight excluding hydrogens is 402 g/mol. The molecule has 3 heterocycles. The van der Waals surface area contributed by atoms with Crippen LogP contribution >= 0.6 is 15.9 Å². The molecule has 4 rings (SSSR count). The Morgan fingerprint density at radius 3 is 2.40 bits per heavy atom. The van der Waals surface area contributed by atoms with Crippen molar-refractivity contribution in [2.45, 2.75) is 62.6 Å². The summed E-state index contributed by atoms with van der Waals surface area (Å²) in [5, 5.41) is 4.41. The van der Waals surface area contributed by atoms with E-state index < -0.39 is 10.0 Å². The smallest absolute Gasteiger partial charge is 0.243 e. The number of halogens is 1. The number of aryl methyl sites for hydroxylation is 2. The third-order valence-corrected chi connectivity index (χ3v) is 8.04. The van der Waals surface area contributed by atoms with Gasteiger partial charge in [0.15, 0.2) is 0 Å². The zero-order valence-corrected chi connectivity index (χ0v) is 16.8. The topological polar surface area (TPSA) is 55.2 Å². The van der Waals surface area contributed by atoms with Crippen molar-refractivity contribution in [3.8, 4) is 0 Å². The predicted molar refractivity (Wildman–Crippen MR) is 99.9 cm³/mol. The monoisotopic (exact) mass is 423 g/mol. The number of nitrogens with zero attached hydrogens (tertiary/aromatic N) is 3. The van der Waals surface area contributed by atoms with Crippen LogP contribution < -0.4 is 0 Å². The highest BCUT2D eigenvalue weighted by atomic mass is 79.9.